The molecule has 0 saturated heterocycles. The van der Waals surface area contributed by atoms with Crippen LogP contribution >= 0.6 is 0 Å². The fourth-order valence-electron chi connectivity index (χ4n) is 2.02. The number of aliphatic hydroxyl groups excluding tert-OH is 1. The second-order valence-corrected chi connectivity index (χ2v) is 5.96. The van der Waals surface area contributed by atoms with E-state index in [0.717, 1.165) is 0 Å². The Labute approximate surface area is 154 Å². The number of aliphatic carboxylic acids is 1. The first kappa shape index (κ1) is 22.1. The fraction of sp³-hybridized carbons (Fsp3) is 0.533. The zero-order valence-corrected chi connectivity index (χ0v) is 14.9. The van der Waals surface area contributed by atoms with Crippen LogP contribution in [0.1, 0.15) is 19.5 Å². The first-order chi connectivity index (χ1) is 12.6. The highest BCUT2D eigenvalue weighted by atomic mass is 16.4. The van der Waals surface area contributed by atoms with E-state index >= 15 is 0 Å². The molecule has 4 atom stereocenters. The molecule has 4 unspecified atom stereocenters. The molecule has 1 rings (SSSR count). The molecule has 0 bridgehead atoms. The molecule has 0 radical (unpaired) electrons. The van der Waals surface area contributed by atoms with E-state index in [1.165, 1.54) is 26.4 Å². The predicted molar refractivity (Wildman–Crippen MR) is 92.1 cm³/mol. The van der Waals surface area contributed by atoms with Gasteiger partial charge in [-0.1, -0.05) is 0 Å². The third kappa shape index (κ3) is 7.42. The molecule has 0 aliphatic carbocycles. The minimum Gasteiger partial charge on any atom is -0.480 e. The molecule has 8 N–H and O–H groups in total. The smallest absolute Gasteiger partial charge is 0.325 e. The zero-order chi connectivity index (χ0) is 20.6. The van der Waals surface area contributed by atoms with Crippen molar-refractivity contribution in [2.75, 3.05) is 6.54 Å². The van der Waals surface area contributed by atoms with Crippen LogP contribution < -0.4 is 21.7 Å². The number of hydrogen-bond acceptors (Lipinski definition) is 7. The monoisotopic (exact) mass is 384 g/mol. The molecular weight excluding hydrogens is 360 g/mol. The van der Waals surface area contributed by atoms with E-state index in [4.69, 9.17) is 10.8 Å². The van der Waals surface area contributed by atoms with E-state index in [1.54, 1.807) is 0 Å². The lowest BCUT2D eigenvalue weighted by molar-refractivity contribution is -0.142. The lowest BCUT2D eigenvalue weighted by Crippen LogP contribution is -2.57. The number of rotatable bonds is 10. The van der Waals surface area contributed by atoms with Crippen LogP contribution in [0.5, 0.6) is 0 Å². The van der Waals surface area contributed by atoms with Gasteiger partial charge in [-0.05, 0) is 13.8 Å². The van der Waals surface area contributed by atoms with Crippen LogP contribution in [0.3, 0.4) is 0 Å². The number of aromatic amines is 1. The fourth-order valence-corrected chi connectivity index (χ4v) is 2.02. The SMILES string of the molecule is CC(NC(=O)C(NC(=O)CNC(=O)C(N)Cc1cnc[nH]1)C(C)O)C(=O)O. The van der Waals surface area contributed by atoms with Gasteiger partial charge in [-0.25, -0.2) is 4.98 Å². The van der Waals surface area contributed by atoms with Crippen LogP contribution in [-0.4, -0.2) is 74.6 Å². The number of carbonyl (C=O) groups excluding carboxylic acids is 3. The molecule has 0 fully saturated rings. The number of nitrogens with zero attached hydrogens (tertiary/aromatic N) is 1. The predicted octanol–water partition coefficient (Wildman–Crippen LogP) is -3.15. The first-order valence-electron chi connectivity index (χ1n) is 8.13. The van der Waals surface area contributed by atoms with Crippen molar-refractivity contribution in [2.45, 2.75) is 44.5 Å². The van der Waals surface area contributed by atoms with Gasteiger partial charge in [0.15, 0.2) is 0 Å². The van der Waals surface area contributed by atoms with E-state index in [-0.39, 0.29) is 6.42 Å². The summed E-state index contributed by atoms with van der Waals surface area (Å²) in [6, 6.07) is -3.49. The number of hydrogen-bond donors (Lipinski definition) is 7. The van der Waals surface area contributed by atoms with Gasteiger partial charge in [-0.3, -0.25) is 19.2 Å². The molecule has 12 heteroatoms. The second-order valence-electron chi connectivity index (χ2n) is 5.96. The highest BCUT2D eigenvalue weighted by molar-refractivity contribution is 5.92. The lowest BCUT2D eigenvalue weighted by Gasteiger charge is -2.22. The molecule has 0 aromatic carbocycles. The summed E-state index contributed by atoms with van der Waals surface area (Å²) in [6.45, 7) is 2.03. The van der Waals surface area contributed by atoms with Gasteiger partial charge < -0.3 is 36.9 Å². The Morgan fingerprint density at radius 3 is 2.41 bits per heavy atom. The molecule has 150 valence electrons. The van der Waals surface area contributed by atoms with Crippen LogP contribution in [0, 0.1) is 0 Å². The lowest BCUT2D eigenvalue weighted by atomic mass is 10.1. The Bertz CT molecular complexity index is 662. The van der Waals surface area contributed by atoms with Gasteiger partial charge in [0, 0.05) is 18.3 Å². The number of aromatic nitrogens is 2. The van der Waals surface area contributed by atoms with Crippen molar-refractivity contribution in [2.24, 2.45) is 5.73 Å². The summed E-state index contributed by atoms with van der Waals surface area (Å²) >= 11 is 0. The van der Waals surface area contributed by atoms with Crippen molar-refractivity contribution in [1.29, 1.82) is 0 Å². The number of carboxylic acid groups (broad SMARTS) is 1. The highest BCUT2D eigenvalue weighted by Gasteiger charge is 2.28. The molecule has 0 saturated carbocycles. The van der Waals surface area contributed by atoms with Crippen molar-refractivity contribution in [3.8, 4) is 0 Å². The standard InChI is InChI=1S/C15H24N6O6/c1-7(15(26)27)20-14(25)12(8(2)22)21-11(23)5-18-13(24)10(16)3-9-4-17-6-19-9/h4,6-8,10,12,22H,3,5,16H2,1-2H3,(H,17,19)(H,18,24)(H,20,25)(H,21,23)(H,26,27). The number of nitrogens with one attached hydrogen (secondary N) is 4. The summed E-state index contributed by atoms with van der Waals surface area (Å²) in [7, 11) is 0. The topological polar surface area (TPSA) is 200 Å². The minimum absolute atomic E-state index is 0.194. The molecule has 0 aliphatic heterocycles. The van der Waals surface area contributed by atoms with Crippen molar-refractivity contribution in [3.63, 3.8) is 0 Å². The van der Waals surface area contributed by atoms with Crippen LogP contribution in [0.2, 0.25) is 0 Å². The van der Waals surface area contributed by atoms with Gasteiger partial charge in [0.25, 0.3) is 0 Å². The first-order valence-corrected chi connectivity index (χ1v) is 8.13. The Hall–Kier alpha value is -2.99. The quantitative estimate of drug-likeness (QED) is 0.219. The summed E-state index contributed by atoms with van der Waals surface area (Å²) < 4.78 is 0. The molecule has 0 spiro atoms. The molecule has 27 heavy (non-hydrogen) atoms. The third-order valence-corrected chi connectivity index (χ3v) is 3.57. The van der Waals surface area contributed by atoms with Crippen molar-refractivity contribution >= 4 is 23.7 Å². The van der Waals surface area contributed by atoms with Crippen molar-refractivity contribution in [1.82, 2.24) is 25.9 Å². The van der Waals surface area contributed by atoms with Crippen LogP contribution in [0.15, 0.2) is 12.5 Å². The maximum atomic E-state index is 12.0. The van der Waals surface area contributed by atoms with Gasteiger partial charge in [0.2, 0.25) is 17.7 Å². The maximum absolute atomic E-state index is 12.0. The molecule has 3 amide bonds. The molecule has 0 aliphatic rings. The molecule has 1 aromatic heterocycles. The summed E-state index contributed by atoms with van der Waals surface area (Å²) in [5, 5.41) is 25.1. The number of imidazole rings is 1. The Kier molecular flexibility index (Phi) is 8.35. The number of carboxylic acids is 1. The van der Waals surface area contributed by atoms with Gasteiger partial charge in [-0.15, -0.1) is 0 Å². The van der Waals surface area contributed by atoms with Gasteiger partial charge in [-0.2, -0.15) is 0 Å². The van der Waals surface area contributed by atoms with E-state index in [0.29, 0.717) is 5.69 Å². The number of nitrogens with two attached hydrogens (primary N) is 1. The molecule has 1 aromatic rings. The molecule has 1 heterocycles. The Morgan fingerprint density at radius 2 is 1.89 bits per heavy atom. The average Bonchev–Trinajstić information content (AvgIpc) is 3.09. The maximum Gasteiger partial charge on any atom is 0.325 e. The third-order valence-electron chi connectivity index (χ3n) is 3.57. The summed E-state index contributed by atoms with van der Waals surface area (Å²) in [5.41, 5.74) is 6.38. The number of carbonyl (C=O) groups is 4. The number of aliphatic hydroxyl groups is 1. The van der Waals surface area contributed by atoms with Gasteiger partial charge >= 0.3 is 5.97 Å². The van der Waals surface area contributed by atoms with Crippen LogP contribution in [0.4, 0.5) is 0 Å². The molecule has 12 nitrogen and oxygen atoms in total. The minimum atomic E-state index is -1.38. The summed E-state index contributed by atoms with van der Waals surface area (Å²) in [4.78, 5) is 53.2. The zero-order valence-electron chi connectivity index (χ0n) is 14.9. The van der Waals surface area contributed by atoms with E-state index in [9.17, 15) is 24.3 Å². The van der Waals surface area contributed by atoms with E-state index < -0.39 is 54.5 Å². The van der Waals surface area contributed by atoms with Gasteiger partial charge in [0.1, 0.15) is 12.1 Å². The Balaban J connectivity index is 2.50. The average molecular weight is 384 g/mol. The Morgan fingerprint density at radius 1 is 1.22 bits per heavy atom. The second kappa shape index (κ2) is 10.2. The van der Waals surface area contributed by atoms with Crippen molar-refractivity contribution in [3.05, 3.63) is 18.2 Å². The van der Waals surface area contributed by atoms with Crippen LogP contribution in [-0.2, 0) is 25.6 Å². The largest absolute Gasteiger partial charge is 0.480 e. The van der Waals surface area contributed by atoms with Crippen LogP contribution in [0.25, 0.3) is 0 Å². The number of H-pyrrole nitrogens is 1. The number of amides is 3. The van der Waals surface area contributed by atoms with E-state index in [1.807, 2.05) is 0 Å². The summed E-state index contributed by atoms with van der Waals surface area (Å²) in [6.07, 6.45) is 1.87. The normalized spacial score (nSPS) is 15.1. The van der Waals surface area contributed by atoms with Gasteiger partial charge in [0.05, 0.1) is 25.0 Å². The molecular formula is C15H24N6O6. The van der Waals surface area contributed by atoms with E-state index in [2.05, 4.69) is 25.9 Å². The summed E-state index contributed by atoms with van der Waals surface area (Å²) in [5.74, 6) is -3.47. The van der Waals surface area contributed by atoms with Crippen molar-refractivity contribution < 1.29 is 29.4 Å². The highest BCUT2D eigenvalue weighted by Crippen LogP contribution is 1.97.